The third kappa shape index (κ3) is 3.98. The van der Waals surface area contributed by atoms with Gasteiger partial charge in [-0.3, -0.25) is 4.79 Å². The second-order valence-corrected chi connectivity index (χ2v) is 5.39. The summed E-state index contributed by atoms with van der Waals surface area (Å²) in [6.45, 7) is 6.06. The van der Waals surface area contributed by atoms with Crippen molar-refractivity contribution in [1.29, 1.82) is 0 Å². The van der Waals surface area contributed by atoms with Crippen molar-refractivity contribution in [2.45, 2.75) is 20.8 Å². The van der Waals surface area contributed by atoms with E-state index in [9.17, 15) is 4.79 Å². The summed E-state index contributed by atoms with van der Waals surface area (Å²) < 4.78 is 5.26. The van der Waals surface area contributed by atoms with Crippen molar-refractivity contribution in [2.24, 2.45) is 0 Å². The van der Waals surface area contributed by atoms with Gasteiger partial charge in [-0.25, -0.2) is 0 Å². The first kappa shape index (κ1) is 15.8. The van der Waals surface area contributed by atoms with Crippen LogP contribution >= 0.6 is 0 Å². The molecule has 0 unspecified atom stereocenters. The Kier molecular flexibility index (Phi) is 4.99. The molecule has 2 aromatic rings. The number of benzene rings is 2. The van der Waals surface area contributed by atoms with E-state index in [0.29, 0.717) is 11.4 Å². The molecule has 2 aromatic carbocycles. The van der Waals surface area contributed by atoms with Crippen molar-refractivity contribution in [3.8, 4) is 5.75 Å². The molecule has 0 fully saturated rings. The first-order valence-corrected chi connectivity index (χ1v) is 7.20. The fraction of sp³-hybridized carbons (Fsp3) is 0.211. The molecule has 3 nitrogen and oxygen atoms in total. The van der Waals surface area contributed by atoms with Crippen LogP contribution in [0.2, 0.25) is 0 Å². The first-order chi connectivity index (χ1) is 10.5. The van der Waals surface area contributed by atoms with Crippen molar-refractivity contribution < 1.29 is 9.53 Å². The van der Waals surface area contributed by atoms with Crippen LogP contribution in [-0.2, 0) is 4.79 Å². The third-order valence-electron chi connectivity index (χ3n) is 3.45. The summed E-state index contributed by atoms with van der Waals surface area (Å²) in [5, 5.41) is 2.85. The zero-order valence-electron chi connectivity index (χ0n) is 13.4. The smallest absolute Gasteiger partial charge is 0.248 e. The Hall–Kier alpha value is -2.55. The number of rotatable bonds is 4. The molecule has 0 heterocycles. The quantitative estimate of drug-likeness (QED) is 0.855. The molecule has 0 saturated carbocycles. The molecule has 2 rings (SSSR count). The van der Waals surface area contributed by atoms with Crippen LogP contribution in [0, 0.1) is 20.8 Å². The number of nitrogens with one attached hydrogen (secondary N) is 1. The van der Waals surface area contributed by atoms with Gasteiger partial charge >= 0.3 is 0 Å². The predicted octanol–water partition coefficient (Wildman–Crippen LogP) is 4.27. The molecule has 0 aliphatic heterocycles. The lowest BCUT2D eigenvalue weighted by molar-refractivity contribution is -0.111. The van der Waals surface area contributed by atoms with E-state index in [4.69, 9.17) is 4.74 Å². The fourth-order valence-corrected chi connectivity index (χ4v) is 2.27. The normalized spacial score (nSPS) is 10.7. The summed E-state index contributed by atoms with van der Waals surface area (Å²) in [4.78, 5) is 12.1. The number of carbonyl (C=O) groups excluding carboxylic acids is 1. The highest BCUT2D eigenvalue weighted by molar-refractivity contribution is 6.02. The summed E-state index contributed by atoms with van der Waals surface area (Å²) in [6, 6.07) is 11.8. The standard InChI is InChI=1S/C19H21NO2/c1-13-5-7-16(15(3)11-13)8-10-19(21)20-17-12-14(2)6-9-18(17)22-4/h5-12H,1-4H3,(H,20,21)/b10-8+. The molecule has 0 aliphatic carbocycles. The maximum Gasteiger partial charge on any atom is 0.248 e. The van der Waals surface area contributed by atoms with Gasteiger partial charge in [0.25, 0.3) is 0 Å². The Labute approximate surface area is 131 Å². The highest BCUT2D eigenvalue weighted by Gasteiger charge is 2.05. The summed E-state index contributed by atoms with van der Waals surface area (Å²) >= 11 is 0. The van der Waals surface area contributed by atoms with E-state index in [-0.39, 0.29) is 5.91 Å². The van der Waals surface area contributed by atoms with E-state index in [0.717, 1.165) is 16.7 Å². The van der Waals surface area contributed by atoms with Crippen LogP contribution < -0.4 is 10.1 Å². The maximum atomic E-state index is 12.1. The molecular formula is C19H21NO2. The second kappa shape index (κ2) is 6.94. The number of aryl methyl sites for hydroxylation is 3. The van der Waals surface area contributed by atoms with Gasteiger partial charge in [-0.15, -0.1) is 0 Å². The number of amides is 1. The molecule has 0 bridgehead atoms. The molecule has 1 N–H and O–H groups in total. The van der Waals surface area contributed by atoms with E-state index >= 15 is 0 Å². The summed E-state index contributed by atoms with van der Waals surface area (Å²) in [7, 11) is 1.59. The zero-order chi connectivity index (χ0) is 16.1. The molecule has 0 radical (unpaired) electrons. The maximum absolute atomic E-state index is 12.1. The number of ether oxygens (including phenoxy) is 1. The molecule has 22 heavy (non-hydrogen) atoms. The molecule has 0 saturated heterocycles. The number of hydrogen-bond acceptors (Lipinski definition) is 2. The van der Waals surface area contributed by atoms with Crippen LogP contribution in [0.4, 0.5) is 5.69 Å². The van der Waals surface area contributed by atoms with Gasteiger partial charge in [0.2, 0.25) is 5.91 Å². The second-order valence-electron chi connectivity index (χ2n) is 5.39. The topological polar surface area (TPSA) is 38.3 Å². The van der Waals surface area contributed by atoms with Gasteiger partial charge in [0.05, 0.1) is 12.8 Å². The molecule has 0 aliphatic rings. The van der Waals surface area contributed by atoms with Crippen molar-refractivity contribution in [3.63, 3.8) is 0 Å². The lowest BCUT2D eigenvalue weighted by Gasteiger charge is -2.09. The minimum Gasteiger partial charge on any atom is -0.495 e. The van der Waals surface area contributed by atoms with Crippen molar-refractivity contribution in [3.05, 3.63) is 64.7 Å². The summed E-state index contributed by atoms with van der Waals surface area (Å²) in [5.74, 6) is 0.475. The monoisotopic (exact) mass is 295 g/mol. The minimum atomic E-state index is -0.177. The molecule has 3 heteroatoms. The van der Waals surface area contributed by atoms with Crippen molar-refractivity contribution in [2.75, 3.05) is 12.4 Å². The Morgan fingerprint density at radius 2 is 1.73 bits per heavy atom. The lowest BCUT2D eigenvalue weighted by atomic mass is 10.1. The molecule has 1 amide bonds. The molecule has 0 aromatic heterocycles. The third-order valence-corrected chi connectivity index (χ3v) is 3.45. The Bertz CT molecular complexity index is 717. The fourth-order valence-electron chi connectivity index (χ4n) is 2.27. The number of anilines is 1. The largest absolute Gasteiger partial charge is 0.495 e. The SMILES string of the molecule is COc1ccc(C)cc1NC(=O)/C=C/c1ccc(C)cc1C. The van der Waals surface area contributed by atoms with Crippen LogP contribution in [0.3, 0.4) is 0 Å². The van der Waals surface area contributed by atoms with Gasteiger partial charge in [-0.1, -0.05) is 29.8 Å². The Morgan fingerprint density at radius 1 is 1.05 bits per heavy atom. The average Bonchev–Trinajstić information content (AvgIpc) is 2.46. The predicted molar refractivity (Wildman–Crippen MR) is 91.3 cm³/mol. The zero-order valence-corrected chi connectivity index (χ0v) is 13.4. The van der Waals surface area contributed by atoms with E-state index in [1.807, 2.05) is 50.3 Å². The van der Waals surface area contributed by atoms with E-state index in [1.54, 1.807) is 13.2 Å². The van der Waals surface area contributed by atoms with Gasteiger partial charge in [0.1, 0.15) is 5.75 Å². The van der Waals surface area contributed by atoms with Crippen LogP contribution in [0.15, 0.2) is 42.5 Å². The van der Waals surface area contributed by atoms with Gasteiger partial charge in [-0.05, 0) is 55.7 Å². The number of hydrogen-bond donors (Lipinski definition) is 1. The minimum absolute atomic E-state index is 0.177. The number of methoxy groups -OCH3 is 1. The van der Waals surface area contributed by atoms with Gasteiger partial charge in [0.15, 0.2) is 0 Å². The van der Waals surface area contributed by atoms with Crippen molar-refractivity contribution >= 4 is 17.7 Å². The average molecular weight is 295 g/mol. The van der Waals surface area contributed by atoms with E-state index in [2.05, 4.69) is 18.3 Å². The van der Waals surface area contributed by atoms with Gasteiger partial charge in [-0.2, -0.15) is 0 Å². The molecule has 114 valence electrons. The van der Waals surface area contributed by atoms with Crippen LogP contribution in [0.25, 0.3) is 6.08 Å². The van der Waals surface area contributed by atoms with Gasteiger partial charge in [0, 0.05) is 6.08 Å². The lowest BCUT2D eigenvalue weighted by Crippen LogP contribution is -2.09. The highest BCUT2D eigenvalue weighted by Crippen LogP contribution is 2.25. The molecular weight excluding hydrogens is 274 g/mol. The Morgan fingerprint density at radius 3 is 2.41 bits per heavy atom. The van der Waals surface area contributed by atoms with E-state index < -0.39 is 0 Å². The van der Waals surface area contributed by atoms with Crippen molar-refractivity contribution in [1.82, 2.24) is 0 Å². The van der Waals surface area contributed by atoms with Gasteiger partial charge < -0.3 is 10.1 Å². The highest BCUT2D eigenvalue weighted by atomic mass is 16.5. The van der Waals surface area contributed by atoms with Crippen LogP contribution in [0.1, 0.15) is 22.3 Å². The molecule has 0 atom stereocenters. The summed E-state index contributed by atoms with van der Waals surface area (Å²) in [5.41, 5.74) is 5.14. The Balaban J connectivity index is 2.13. The number of carbonyl (C=O) groups is 1. The molecule has 0 spiro atoms. The van der Waals surface area contributed by atoms with Crippen LogP contribution in [-0.4, -0.2) is 13.0 Å². The van der Waals surface area contributed by atoms with Crippen LogP contribution in [0.5, 0.6) is 5.75 Å². The first-order valence-electron chi connectivity index (χ1n) is 7.20. The summed E-state index contributed by atoms with van der Waals surface area (Å²) in [6.07, 6.45) is 3.37. The van der Waals surface area contributed by atoms with E-state index in [1.165, 1.54) is 5.56 Å².